The average molecular weight is 362 g/mol. The normalized spacial score (nSPS) is 15.5. The van der Waals surface area contributed by atoms with Crippen LogP contribution < -0.4 is 20.7 Å². The number of hydrogen-bond acceptors (Lipinski definition) is 4. The van der Waals surface area contributed by atoms with E-state index in [0.29, 0.717) is 30.5 Å². The van der Waals surface area contributed by atoms with Gasteiger partial charge < -0.3 is 20.7 Å². The molecule has 1 saturated heterocycles. The molecule has 3 amide bonds. The highest BCUT2D eigenvalue weighted by Gasteiger charge is 2.22. The number of rotatable bonds is 7. The van der Waals surface area contributed by atoms with E-state index in [1.165, 1.54) is 0 Å². The number of likely N-dealkylation sites (tertiary alicyclic amines) is 1. The quantitative estimate of drug-likeness (QED) is 0.693. The van der Waals surface area contributed by atoms with Gasteiger partial charge in [-0.15, -0.1) is 0 Å². The van der Waals surface area contributed by atoms with Crippen LogP contribution in [-0.4, -0.2) is 56.2 Å². The van der Waals surface area contributed by atoms with Gasteiger partial charge in [-0.25, -0.2) is 4.79 Å². The molecule has 0 bridgehead atoms. The van der Waals surface area contributed by atoms with Gasteiger partial charge in [0.25, 0.3) is 0 Å². The van der Waals surface area contributed by atoms with Crippen LogP contribution in [0.3, 0.4) is 0 Å². The van der Waals surface area contributed by atoms with Crippen molar-refractivity contribution >= 4 is 17.6 Å². The Morgan fingerprint density at radius 2 is 1.92 bits per heavy atom. The number of urea groups is 1. The summed E-state index contributed by atoms with van der Waals surface area (Å²) in [5.74, 6) is 1.11. The molecule has 7 heteroatoms. The van der Waals surface area contributed by atoms with Gasteiger partial charge in [0.1, 0.15) is 5.75 Å². The monoisotopic (exact) mass is 362 g/mol. The maximum absolute atomic E-state index is 12.3. The molecule has 1 aromatic rings. The number of ether oxygens (including phenoxy) is 1. The fourth-order valence-corrected chi connectivity index (χ4v) is 2.81. The summed E-state index contributed by atoms with van der Waals surface area (Å²) in [5, 5.41) is 8.53. The van der Waals surface area contributed by atoms with Crippen LogP contribution in [0.2, 0.25) is 0 Å². The van der Waals surface area contributed by atoms with Crippen molar-refractivity contribution in [1.29, 1.82) is 0 Å². The van der Waals surface area contributed by atoms with Crippen molar-refractivity contribution in [3.05, 3.63) is 24.3 Å². The Morgan fingerprint density at radius 1 is 1.23 bits per heavy atom. The second kappa shape index (κ2) is 10.0. The second-order valence-corrected chi connectivity index (χ2v) is 7.02. The minimum absolute atomic E-state index is 0.0205. The first-order chi connectivity index (χ1) is 12.5. The zero-order chi connectivity index (χ0) is 18.9. The third-order valence-electron chi connectivity index (χ3n) is 4.28. The number of benzene rings is 1. The standard InChI is InChI=1S/C19H30N4O3/c1-14(2)13-26-17-7-5-4-6-16(17)22-19(25)21-15-8-10-23(11-9-15)12-18(24)20-3/h4-7,14-15H,8-13H2,1-3H3,(H,20,24)(H2,21,22,25). The van der Waals surface area contributed by atoms with Gasteiger partial charge >= 0.3 is 6.03 Å². The molecule has 144 valence electrons. The van der Waals surface area contributed by atoms with Gasteiger partial charge in [-0.05, 0) is 30.9 Å². The first-order valence-electron chi connectivity index (χ1n) is 9.20. The number of para-hydroxylation sites is 2. The molecule has 1 fully saturated rings. The van der Waals surface area contributed by atoms with Crippen LogP contribution in [0.5, 0.6) is 5.75 Å². The first kappa shape index (κ1) is 20.0. The average Bonchev–Trinajstić information content (AvgIpc) is 2.62. The molecule has 1 aromatic carbocycles. The SMILES string of the molecule is CNC(=O)CN1CCC(NC(=O)Nc2ccccc2OCC(C)C)CC1. The fraction of sp³-hybridized carbons (Fsp3) is 0.579. The van der Waals surface area contributed by atoms with E-state index in [1.54, 1.807) is 7.05 Å². The van der Waals surface area contributed by atoms with Gasteiger partial charge in [-0.1, -0.05) is 26.0 Å². The molecule has 0 radical (unpaired) electrons. The molecule has 0 unspecified atom stereocenters. The van der Waals surface area contributed by atoms with Crippen molar-refractivity contribution in [1.82, 2.24) is 15.5 Å². The zero-order valence-electron chi connectivity index (χ0n) is 15.9. The number of amides is 3. The summed E-state index contributed by atoms with van der Waals surface area (Å²) in [6.07, 6.45) is 1.66. The molecular formula is C19H30N4O3. The van der Waals surface area contributed by atoms with Gasteiger partial charge in [-0.3, -0.25) is 9.69 Å². The Bertz CT molecular complexity index is 598. The highest BCUT2D eigenvalue weighted by atomic mass is 16.5. The number of carbonyl (C=O) groups excluding carboxylic acids is 2. The largest absolute Gasteiger partial charge is 0.491 e. The topological polar surface area (TPSA) is 82.7 Å². The molecule has 0 atom stereocenters. The Balaban J connectivity index is 1.80. The summed E-state index contributed by atoms with van der Waals surface area (Å²) in [4.78, 5) is 25.8. The Morgan fingerprint density at radius 3 is 2.58 bits per heavy atom. The van der Waals surface area contributed by atoms with Crippen molar-refractivity contribution in [2.75, 3.05) is 38.6 Å². The van der Waals surface area contributed by atoms with Crippen molar-refractivity contribution < 1.29 is 14.3 Å². The number of piperidine rings is 1. The number of nitrogens with one attached hydrogen (secondary N) is 3. The lowest BCUT2D eigenvalue weighted by Crippen LogP contribution is -2.48. The van der Waals surface area contributed by atoms with Gasteiger partial charge in [0.05, 0.1) is 18.8 Å². The molecular weight excluding hydrogens is 332 g/mol. The van der Waals surface area contributed by atoms with Crippen LogP contribution in [0, 0.1) is 5.92 Å². The van der Waals surface area contributed by atoms with E-state index in [1.807, 2.05) is 24.3 Å². The molecule has 1 aliphatic rings. The van der Waals surface area contributed by atoms with Crippen LogP contribution in [0.4, 0.5) is 10.5 Å². The van der Waals surface area contributed by atoms with Gasteiger partial charge in [0.15, 0.2) is 0 Å². The summed E-state index contributed by atoms with van der Waals surface area (Å²) >= 11 is 0. The fourth-order valence-electron chi connectivity index (χ4n) is 2.81. The zero-order valence-corrected chi connectivity index (χ0v) is 15.9. The minimum Gasteiger partial charge on any atom is -0.491 e. The number of nitrogens with zero attached hydrogens (tertiary/aromatic N) is 1. The summed E-state index contributed by atoms with van der Waals surface area (Å²) in [5.41, 5.74) is 0.669. The Kier molecular flexibility index (Phi) is 7.72. The smallest absolute Gasteiger partial charge is 0.319 e. The summed E-state index contributed by atoms with van der Waals surface area (Å²) in [6.45, 7) is 6.78. The number of likely N-dealkylation sites (N-methyl/N-ethyl adjacent to an activating group) is 1. The van der Waals surface area contributed by atoms with E-state index in [2.05, 4.69) is 34.7 Å². The lowest BCUT2D eigenvalue weighted by atomic mass is 10.1. The second-order valence-electron chi connectivity index (χ2n) is 7.02. The Hall–Kier alpha value is -2.28. The molecule has 2 rings (SSSR count). The molecule has 0 spiro atoms. The lowest BCUT2D eigenvalue weighted by molar-refractivity contribution is -0.122. The van der Waals surface area contributed by atoms with E-state index in [0.717, 1.165) is 25.9 Å². The third-order valence-corrected chi connectivity index (χ3v) is 4.28. The van der Waals surface area contributed by atoms with Crippen molar-refractivity contribution in [3.63, 3.8) is 0 Å². The molecule has 0 aliphatic carbocycles. The van der Waals surface area contributed by atoms with Crippen molar-refractivity contribution in [2.45, 2.75) is 32.7 Å². The van der Waals surface area contributed by atoms with Crippen LogP contribution in [0.25, 0.3) is 0 Å². The maximum atomic E-state index is 12.3. The van der Waals surface area contributed by atoms with E-state index in [9.17, 15) is 9.59 Å². The van der Waals surface area contributed by atoms with E-state index >= 15 is 0 Å². The summed E-state index contributed by atoms with van der Waals surface area (Å²) in [6, 6.07) is 7.34. The van der Waals surface area contributed by atoms with Crippen molar-refractivity contribution in [3.8, 4) is 5.75 Å². The molecule has 26 heavy (non-hydrogen) atoms. The Labute approximate surface area is 155 Å². The maximum Gasteiger partial charge on any atom is 0.319 e. The highest BCUT2D eigenvalue weighted by Crippen LogP contribution is 2.24. The van der Waals surface area contributed by atoms with E-state index < -0.39 is 0 Å². The van der Waals surface area contributed by atoms with Gasteiger partial charge in [0, 0.05) is 26.2 Å². The number of carbonyl (C=O) groups is 2. The third kappa shape index (κ3) is 6.55. The van der Waals surface area contributed by atoms with Crippen LogP contribution in [0.15, 0.2) is 24.3 Å². The van der Waals surface area contributed by atoms with Gasteiger partial charge in [-0.2, -0.15) is 0 Å². The van der Waals surface area contributed by atoms with E-state index in [4.69, 9.17) is 4.74 Å². The molecule has 1 heterocycles. The number of anilines is 1. The molecule has 0 saturated carbocycles. The highest BCUT2D eigenvalue weighted by molar-refractivity contribution is 5.91. The van der Waals surface area contributed by atoms with Crippen LogP contribution in [0.1, 0.15) is 26.7 Å². The van der Waals surface area contributed by atoms with Gasteiger partial charge in [0.2, 0.25) is 5.91 Å². The van der Waals surface area contributed by atoms with Crippen LogP contribution in [-0.2, 0) is 4.79 Å². The lowest BCUT2D eigenvalue weighted by Gasteiger charge is -2.31. The van der Waals surface area contributed by atoms with Crippen LogP contribution >= 0.6 is 0 Å². The molecule has 0 aromatic heterocycles. The summed E-state index contributed by atoms with van der Waals surface area (Å²) < 4.78 is 5.76. The first-order valence-corrected chi connectivity index (χ1v) is 9.20. The predicted molar refractivity (Wildman–Crippen MR) is 102 cm³/mol. The predicted octanol–water partition coefficient (Wildman–Crippen LogP) is 2.05. The molecule has 3 N–H and O–H groups in total. The summed E-state index contributed by atoms with van der Waals surface area (Å²) in [7, 11) is 1.64. The minimum atomic E-state index is -0.227. The molecule has 7 nitrogen and oxygen atoms in total. The number of hydrogen-bond donors (Lipinski definition) is 3. The molecule has 1 aliphatic heterocycles. The van der Waals surface area contributed by atoms with Crippen molar-refractivity contribution in [2.24, 2.45) is 5.92 Å². The van der Waals surface area contributed by atoms with E-state index in [-0.39, 0.29) is 18.0 Å².